The van der Waals surface area contributed by atoms with Crippen molar-refractivity contribution in [3.63, 3.8) is 0 Å². The molecule has 9 rings (SSSR count). The van der Waals surface area contributed by atoms with Gasteiger partial charge in [-0.15, -0.1) is 0 Å². The topological polar surface area (TPSA) is 21.7 Å². The van der Waals surface area contributed by atoms with Gasteiger partial charge in [-0.25, -0.2) is 0 Å². The van der Waals surface area contributed by atoms with Crippen molar-refractivity contribution in [3.8, 4) is 0 Å². The maximum atomic E-state index is 6.61. The van der Waals surface area contributed by atoms with Crippen molar-refractivity contribution >= 4 is 76.3 Å². The molecule has 0 saturated heterocycles. The van der Waals surface area contributed by atoms with Gasteiger partial charge in [0, 0.05) is 45.1 Å². The van der Waals surface area contributed by atoms with Crippen molar-refractivity contribution in [2.75, 3.05) is 0 Å². The maximum absolute atomic E-state index is 6.61. The van der Waals surface area contributed by atoms with Gasteiger partial charge in [0.1, 0.15) is 11.2 Å². The molecule has 0 unspecified atom stereocenters. The minimum Gasteiger partial charge on any atom is -0.455 e. The molecule has 0 aliphatic rings. The van der Waals surface area contributed by atoms with Gasteiger partial charge in [-0.3, -0.25) is 0 Å². The van der Waals surface area contributed by atoms with Gasteiger partial charge in [-0.05, 0) is 46.7 Å². The number of pyridine rings is 2. The van der Waals surface area contributed by atoms with Gasteiger partial charge in [0.2, 0.25) is 5.52 Å². The molecule has 0 bridgehead atoms. The molecule has 0 aliphatic heterocycles. The van der Waals surface area contributed by atoms with Crippen LogP contribution in [0.5, 0.6) is 0 Å². The van der Waals surface area contributed by atoms with Crippen LogP contribution in [-0.4, -0.2) is 4.40 Å². The summed E-state index contributed by atoms with van der Waals surface area (Å²) in [5.41, 5.74) is 8.27. The molecule has 0 amide bonds. The quantitative estimate of drug-likeness (QED) is 0.154. The Labute approximate surface area is 218 Å². The second kappa shape index (κ2) is 6.62. The highest BCUT2D eigenvalue weighted by atomic mass is 16.3. The van der Waals surface area contributed by atoms with E-state index in [0.717, 1.165) is 11.2 Å². The molecule has 180 valence electrons. The van der Waals surface area contributed by atoms with E-state index < -0.39 is 0 Å². The number of hydrogen-bond donors (Lipinski definition) is 0. The average molecular weight is 490 g/mol. The smallest absolute Gasteiger partial charge is 0.218 e. The van der Waals surface area contributed by atoms with Crippen LogP contribution >= 0.6 is 0 Å². The van der Waals surface area contributed by atoms with Crippen LogP contribution in [0.15, 0.2) is 102 Å². The summed E-state index contributed by atoms with van der Waals surface area (Å²) < 4.78 is 11.3. The number of aromatic nitrogens is 2. The third kappa shape index (κ3) is 2.42. The van der Waals surface area contributed by atoms with Crippen LogP contribution in [-0.2, 0) is 5.41 Å². The third-order valence-corrected chi connectivity index (χ3v) is 8.52. The summed E-state index contributed by atoms with van der Waals surface area (Å²) in [7, 11) is 0. The van der Waals surface area contributed by atoms with Gasteiger partial charge >= 0.3 is 0 Å². The van der Waals surface area contributed by atoms with Crippen molar-refractivity contribution in [1.82, 2.24) is 4.40 Å². The molecule has 3 nitrogen and oxygen atoms in total. The molecule has 4 aromatic carbocycles. The van der Waals surface area contributed by atoms with E-state index in [1.54, 1.807) is 0 Å². The number of nitrogens with zero attached hydrogens (tertiary/aromatic N) is 2. The standard InChI is InChI=1S/C35H25N2O/c1-35(2,3)21-13-15-36-14-12-20-16-30-27(18-24(20)29(36)17-21)32-33-25(22-8-4-6-10-28(22)37(30)33)19-26-23-9-5-7-11-31(23)38-34(26)32/h4-19H,1-3H3/q+1. The van der Waals surface area contributed by atoms with Crippen LogP contribution in [0.25, 0.3) is 76.3 Å². The monoisotopic (exact) mass is 489 g/mol. The van der Waals surface area contributed by atoms with Crippen molar-refractivity contribution in [3.05, 3.63) is 103 Å². The first-order chi connectivity index (χ1) is 18.5. The van der Waals surface area contributed by atoms with Crippen LogP contribution in [0.1, 0.15) is 26.3 Å². The average Bonchev–Trinajstić information content (AvgIpc) is 3.57. The van der Waals surface area contributed by atoms with Crippen LogP contribution in [0.3, 0.4) is 0 Å². The maximum Gasteiger partial charge on any atom is 0.218 e. The fourth-order valence-corrected chi connectivity index (χ4v) is 6.64. The van der Waals surface area contributed by atoms with E-state index in [4.69, 9.17) is 4.42 Å². The van der Waals surface area contributed by atoms with Gasteiger partial charge in [0.25, 0.3) is 0 Å². The molecular weight excluding hydrogens is 464 g/mol. The minimum atomic E-state index is 0.0803. The van der Waals surface area contributed by atoms with Gasteiger partial charge in [0.15, 0.2) is 12.4 Å². The Kier molecular flexibility index (Phi) is 3.56. The third-order valence-electron chi connectivity index (χ3n) is 8.52. The Morgan fingerprint density at radius 3 is 2.29 bits per heavy atom. The number of para-hydroxylation sites is 2. The van der Waals surface area contributed by atoms with Crippen molar-refractivity contribution < 1.29 is 8.82 Å². The van der Waals surface area contributed by atoms with Crippen molar-refractivity contribution in [1.29, 1.82) is 0 Å². The molecule has 5 aromatic heterocycles. The molecule has 5 heterocycles. The SMILES string of the molecule is CC(C)(C)c1cc[n+]2ccc3cc4c(cc3c2c1)c1c2oc3ccccc3c2cc2c3ccccc3n4c21. The number of fused-ring (bicyclic) bond motifs is 13. The first-order valence-electron chi connectivity index (χ1n) is 13.3. The number of benzene rings is 4. The largest absolute Gasteiger partial charge is 0.455 e. The van der Waals surface area contributed by atoms with Crippen molar-refractivity contribution in [2.24, 2.45) is 0 Å². The van der Waals surface area contributed by atoms with E-state index in [0.29, 0.717) is 0 Å². The number of hydrogen-bond acceptors (Lipinski definition) is 1. The normalized spacial score (nSPS) is 13.1. The van der Waals surface area contributed by atoms with E-state index >= 15 is 0 Å². The summed E-state index contributed by atoms with van der Waals surface area (Å²) in [5, 5.41) is 9.86. The Balaban J connectivity index is 1.57. The summed E-state index contributed by atoms with van der Waals surface area (Å²) in [5.74, 6) is 0. The lowest BCUT2D eigenvalue weighted by Crippen LogP contribution is -2.23. The zero-order chi connectivity index (χ0) is 25.3. The molecule has 0 fully saturated rings. The second-order valence-electron chi connectivity index (χ2n) is 11.7. The zero-order valence-electron chi connectivity index (χ0n) is 21.5. The molecule has 0 aliphatic carbocycles. The predicted octanol–water partition coefficient (Wildman–Crippen LogP) is 8.93. The molecule has 0 radical (unpaired) electrons. The lowest BCUT2D eigenvalue weighted by Gasteiger charge is -2.17. The van der Waals surface area contributed by atoms with E-state index in [1.807, 2.05) is 0 Å². The molecule has 3 heteroatoms. The lowest BCUT2D eigenvalue weighted by atomic mass is 9.87. The van der Waals surface area contributed by atoms with Crippen LogP contribution in [0.2, 0.25) is 0 Å². The highest BCUT2D eigenvalue weighted by Crippen LogP contribution is 2.46. The van der Waals surface area contributed by atoms with Crippen LogP contribution in [0.4, 0.5) is 0 Å². The molecule has 0 N–H and O–H groups in total. The summed E-state index contributed by atoms with van der Waals surface area (Å²) in [6.07, 6.45) is 4.37. The van der Waals surface area contributed by atoms with Crippen molar-refractivity contribution in [2.45, 2.75) is 26.2 Å². The Morgan fingerprint density at radius 1 is 0.658 bits per heavy atom. The lowest BCUT2D eigenvalue weighted by molar-refractivity contribution is -0.510. The van der Waals surface area contributed by atoms with E-state index in [-0.39, 0.29) is 5.41 Å². The molecule has 0 spiro atoms. The highest BCUT2D eigenvalue weighted by molar-refractivity contribution is 6.33. The van der Waals surface area contributed by atoms with Gasteiger partial charge in [0.05, 0.1) is 27.3 Å². The van der Waals surface area contributed by atoms with E-state index in [1.165, 1.54) is 70.7 Å². The summed E-state index contributed by atoms with van der Waals surface area (Å²) in [6.45, 7) is 6.83. The van der Waals surface area contributed by atoms with Crippen LogP contribution in [0, 0.1) is 0 Å². The minimum absolute atomic E-state index is 0.0803. The summed E-state index contributed by atoms with van der Waals surface area (Å²) in [4.78, 5) is 0. The first kappa shape index (κ1) is 20.4. The molecule has 9 aromatic rings. The Hall–Kier alpha value is -4.63. The predicted molar refractivity (Wildman–Crippen MR) is 158 cm³/mol. The fourth-order valence-electron chi connectivity index (χ4n) is 6.64. The molecule has 0 atom stereocenters. The van der Waals surface area contributed by atoms with Crippen LogP contribution < -0.4 is 4.40 Å². The fraction of sp³-hybridized carbons (Fsp3) is 0.114. The van der Waals surface area contributed by atoms with Gasteiger partial charge in [-0.1, -0.05) is 57.2 Å². The van der Waals surface area contributed by atoms with E-state index in [2.05, 4.69) is 127 Å². The Morgan fingerprint density at radius 2 is 1.42 bits per heavy atom. The van der Waals surface area contributed by atoms with Gasteiger partial charge in [-0.2, -0.15) is 4.40 Å². The molecule has 38 heavy (non-hydrogen) atoms. The molecule has 0 saturated carbocycles. The Bertz CT molecular complexity index is 2430. The molecular formula is C35H25N2O+. The first-order valence-corrected chi connectivity index (χ1v) is 13.3. The summed E-state index contributed by atoms with van der Waals surface area (Å²) in [6, 6.07) is 31.1. The summed E-state index contributed by atoms with van der Waals surface area (Å²) >= 11 is 0. The zero-order valence-corrected chi connectivity index (χ0v) is 21.5. The van der Waals surface area contributed by atoms with E-state index in [9.17, 15) is 0 Å². The second-order valence-corrected chi connectivity index (χ2v) is 11.7. The highest BCUT2D eigenvalue weighted by Gasteiger charge is 2.24. The van der Waals surface area contributed by atoms with Gasteiger partial charge < -0.3 is 8.82 Å². The number of rotatable bonds is 0. The number of furan rings is 1.